The number of nitrogens with one attached hydrogen (secondary N) is 1. The Bertz CT molecular complexity index is 950. The number of hydrogen-bond acceptors (Lipinski definition) is 5. The zero-order valence-corrected chi connectivity index (χ0v) is 15.6. The van der Waals surface area contributed by atoms with Gasteiger partial charge in [-0.2, -0.15) is 0 Å². The van der Waals surface area contributed by atoms with Crippen LogP contribution in [-0.4, -0.2) is 35.4 Å². The van der Waals surface area contributed by atoms with E-state index in [0.717, 1.165) is 41.7 Å². The molecule has 2 aromatic carbocycles. The van der Waals surface area contributed by atoms with Crippen LogP contribution in [0, 0.1) is 5.82 Å². The van der Waals surface area contributed by atoms with Crippen molar-refractivity contribution in [3.8, 4) is 0 Å². The first-order valence-electron chi connectivity index (χ1n) is 9.04. The number of hydrogen-bond donors (Lipinski definition) is 2. The van der Waals surface area contributed by atoms with Gasteiger partial charge in [0.15, 0.2) is 5.13 Å². The van der Waals surface area contributed by atoms with Gasteiger partial charge in [-0.1, -0.05) is 23.5 Å². The van der Waals surface area contributed by atoms with Gasteiger partial charge in [0.25, 0.3) is 5.91 Å². The van der Waals surface area contributed by atoms with Gasteiger partial charge in [0, 0.05) is 12.1 Å². The van der Waals surface area contributed by atoms with Crippen LogP contribution in [0.2, 0.25) is 0 Å². The molecule has 0 bridgehead atoms. The average molecular weight is 384 g/mol. The van der Waals surface area contributed by atoms with Crippen molar-refractivity contribution in [2.24, 2.45) is 0 Å². The summed E-state index contributed by atoms with van der Waals surface area (Å²) in [5.41, 5.74) is 8.14. The zero-order valence-electron chi connectivity index (χ0n) is 14.8. The Morgan fingerprint density at radius 1 is 1.22 bits per heavy atom. The molecule has 5 nitrogen and oxygen atoms in total. The Morgan fingerprint density at radius 3 is 2.70 bits per heavy atom. The van der Waals surface area contributed by atoms with Gasteiger partial charge in [0.05, 0.1) is 16.3 Å². The number of anilines is 1. The van der Waals surface area contributed by atoms with Crippen LogP contribution in [0.1, 0.15) is 34.8 Å². The van der Waals surface area contributed by atoms with Gasteiger partial charge in [-0.05, 0) is 61.8 Å². The first-order chi connectivity index (χ1) is 13.1. The Kier molecular flexibility index (Phi) is 5.05. The number of benzene rings is 2. The molecule has 1 amide bonds. The summed E-state index contributed by atoms with van der Waals surface area (Å²) in [5.74, 6) is -0.379. The van der Waals surface area contributed by atoms with Gasteiger partial charge in [-0.15, -0.1) is 0 Å². The van der Waals surface area contributed by atoms with Gasteiger partial charge in [-0.3, -0.25) is 9.69 Å². The number of likely N-dealkylation sites (tertiary alicyclic amines) is 1. The van der Waals surface area contributed by atoms with Crippen molar-refractivity contribution in [2.45, 2.75) is 18.9 Å². The second-order valence-corrected chi connectivity index (χ2v) is 7.82. The first kappa shape index (κ1) is 17.9. The molecule has 1 saturated heterocycles. The third kappa shape index (κ3) is 3.94. The number of fused-ring (bicyclic) bond motifs is 1. The van der Waals surface area contributed by atoms with Crippen LogP contribution in [0.4, 0.5) is 9.52 Å². The van der Waals surface area contributed by atoms with Gasteiger partial charge in [-0.25, -0.2) is 9.37 Å². The molecule has 0 radical (unpaired) electrons. The predicted octanol–water partition coefficient (Wildman–Crippen LogP) is 3.58. The van der Waals surface area contributed by atoms with Crippen molar-refractivity contribution >= 4 is 32.6 Å². The lowest BCUT2D eigenvalue weighted by molar-refractivity contribution is 0.0938. The predicted molar refractivity (Wildman–Crippen MR) is 106 cm³/mol. The van der Waals surface area contributed by atoms with Crippen LogP contribution in [0.3, 0.4) is 0 Å². The summed E-state index contributed by atoms with van der Waals surface area (Å²) in [4.78, 5) is 19.2. The molecule has 0 saturated carbocycles. The highest BCUT2D eigenvalue weighted by atomic mass is 32.1. The van der Waals surface area contributed by atoms with Gasteiger partial charge >= 0.3 is 0 Å². The summed E-state index contributed by atoms with van der Waals surface area (Å²) in [6, 6.07) is 12.0. The van der Waals surface area contributed by atoms with Crippen molar-refractivity contribution in [2.75, 3.05) is 25.4 Å². The van der Waals surface area contributed by atoms with Gasteiger partial charge in [0.1, 0.15) is 5.82 Å². The molecule has 1 fully saturated rings. The number of carbonyl (C=O) groups is 1. The Balaban J connectivity index is 1.50. The Hall–Kier alpha value is -2.51. The van der Waals surface area contributed by atoms with E-state index in [2.05, 4.69) is 15.2 Å². The largest absolute Gasteiger partial charge is 0.375 e. The number of nitrogens with two attached hydrogens (primary N) is 1. The Morgan fingerprint density at radius 2 is 1.96 bits per heavy atom. The number of halogens is 1. The minimum absolute atomic E-state index is 0.0415. The number of rotatable bonds is 5. The second kappa shape index (κ2) is 7.62. The maximum atomic E-state index is 13.3. The van der Waals surface area contributed by atoms with E-state index >= 15 is 0 Å². The zero-order chi connectivity index (χ0) is 18.8. The molecule has 1 aliphatic heterocycles. The number of amides is 1. The highest BCUT2D eigenvalue weighted by Gasteiger charge is 2.24. The topological polar surface area (TPSA) is 71.2 Å². The van der Waals surface area contributed by atoms with Crippen molar-refractivity contribution in [1.29, 1.82) is 0 Å². The van der Waals surface area contributed by atoms with Crippen LogP contribution in [-0.2, 0) is 0 Å². The minimum atomic E-state index is -0.250. The van der Waals surface area contributed by atoms with Crippen LogP contribution in [0.15, 0.2) is 42.5 Å². The molecule has 0 spiro atoms. The van der Waals surface area contributed by atoms with Crippen molar-refractivity contribution in [3.63, 3.8) is 0 Å². The standard InChI is InChI=1S/C20H21FN4OS/c21-15-6-3-13(4-7-15)17(25-9-1-2-10-25)12-23-19(26)14-5-8-16-18(11-14)27-20(22)24-16/h3-8,11,17H,1-2,9-10,12H2,(H2,22,24)(H,23,26). The fourth-order valence-corrected chi connectivity index (χ4v) is 4.34. The number of nitrogens with zero attached hydrogens (tertiary/aromatic N) is 2. The molecule has 3 aromatic rings. The van der Waals surface area contributed by atoms with E-state index in [1.54, 1.807) is 18.2 Å². The molecule has 140 valence electrons. The van der Waals surface area contributed by atoms with Gasteiger partial charge in [0.2, 0.25) is 0 Å². The summed E-state index contributed by atoms with van der Waals surface area (Å²) in [5, 5.41) is 3.53. The van der Waals surface area contributed by atoms with Crippen LogP contribution < -0.4 is 11.1 Å². The highest BCUT2D eigenvalue weighted by molar-refractivity contribution is 7.22. The molecule has 2 heterocycles. The second-order valence-electron chi connectivity index (χ2n) is 6.76. The van der Waals surface area contributed by atoms with E-state index in [9.17, 15) is 9.18 Å². The maximum Gasteiger partial charge on any atom is 0.251 e. The minimum Gasteiger partial charge on any atom is -0.375 e. The summed E-state index contributed by atoms with van der Waals surface area (Å²) >= 11 is 1.37. The molecule has 7 heteroatoms. The van der Waals surface area contributed by atoms with E-state index in [-0.39, 0.29) is 17.8 Å². The van der Waals surface area contributed by atoms with Crippen molar-refractivity contribution in [3.05, 3.63) is 59.4 Å². The summed E-state index contributed by atoms with van der Waals surface area (Å²) in [7, 11) is 0. The third-order valence-electron chi connectivity index (χ3n) is 4.96. The quantitative estimate of drug-likeness (QED) is 0.705. The fraction of sp³-hybridized carbons (Fsp3) is 0.300. The summed E-state index contributed by atoms with van der Waals surface area (Å²) < 4.78 is 14.2. The number of thiazole rings is 1. The van der Waals surface area contributed by atoms with E-state index in [0.29, 0.717) is 17.2 Å². The van der Waals surface area contributed by atoms with Crippen LogP contribution >= 0.6 is 11.3 Å². The lowest BCUT2D eigenvalue weighted by Crippen LogP contribution is -2.36. The summed E-state index contributed by atoms with van der Waals surface area (Å²) in [6.45, 7) is 2.46. The van der Waals surface area contributed by atoms with E-state index in [1.165, 1.54) is 23.5 Å². The third-order valence-corrected chi connectivity index (χ3v) is 5.81. The van der Waals surface area contributed by atoms with Gasteiger partial charge < -0.3 is 11.1 Å². The SMILES string of the molecule is Nc1nc2ccc(C(=O)NCC(c3ccc(F)cc3)N3CCCC3)cc2s1. The molecule has 1 aliphatic rings. The number of nitrogen functional groups attached to an aromatic ring is 1. The smallest absolute Gasteiger partial charge is 0.251 e. The van der Waals surface area contributed by atoms with Crippen molar-refractivity contribution in [1.82, 2.24) is 15.2 Å². The van der Waals surface area contributed by atoms with Crippen molar-refractivity contribution < 1.29 is 9.18 Å². The van der Waals surface area contributed by atoms with Crippen LogP contribution in [0.5, 0.6) is 0 Å². The molecular formula is C20H21FN4OS. The van der Waals surface area contributed by atoms with E-state index in [4.69, 9.17) is 5.73 Å². The molecule has 1 unspecified atom stereocenters. The Labute approximate surface area is 161 Å². The normalized spacial score (nSPS) is 15.9. The van der Waals surface area contributed by atoms with E-state index < -0.39 is 0 Å². The highest BCUT2D eigenvalue weighted by Crippen LogP contribution is 2.26. The first-order valence-corrected chi connectivity index (χ1v) is 9.85. The van der Waals surface area contributed by atoms with Crippen LogP contribution in [0.25, 0.3) is 10.2 Å². The molecule has 1 atom stereocenters. The number of carbonyl (C=O) groups excluding carboxylic acids is 1. The molecule has 1 aromatic heterocycles. The number of aromatic nitrogens is 1. The fourth-order valence-electron chi connectivity index (χ4n) is 3.57. The lowest BCUT2D eigenvalue weighted by atomic mass is 10.1. The lowest BCUT2D eigenvalue weighted by Gasteiger charge is -2.28. The molecule has 4 rings (SSSR count). The molecular weight excluding hydrogens is 363 g/mol. The molecule has 27 heavy (non-hydrogen) atoms. The molecule has 3 N–H and O–H groups in total. The monoisotopic (exact) mass is 384 g/mol. The molecule has 0 aliphatic carbocycles. The summed E-state index contributed by atoms with van der Waals surface area (Å²) in [6.07, 6.45) is 2.30. The van der Waals surface area contributed by atoms with E-state index in [1.807, 2.05) is 12.1 Å². The average Bonchev–Trinajstić information content (AvgIpc) is 3.31. The maximum absolute atomic E-state index is 13.3.